The molecular formula is C31H28BrN3O6S. The van der Waals surface area contributed by atoms with Crippen LogP contribution in [0.4, 0.5) is 10.5 Å². The molecule has 0 atom stereocenters. The standard InChI is InChI=1S/C31H28BrN3O6S/c1-2-40-25-15-20(14-24(32)29(25)41-19-27(36)33-23-10-4-3-5-11-23)16-26-30(38)35(31(39)42-26)18-28(37)34-13-12-21-8-6-7-9-22(21)17-34/h3-11,14-16H,2,12-13,17-19H2,1H3,(H,33,36)/b26-16-. The molecule has 0 unspecified atom stereocenters. The lowest BCUT2D eigenvalue weighted by Gasteiger charge is -2.29. The van der Waals surface area contributed by atoms with Gasteiger partial charge in [-0.25, -0.2) is 0 Å². The van der Waals surface area contributed by atoms with Crippen LogP contribution in [0.1, 0.15) is 23.6 Å². The van der Waals surface area contributed by atoms with Crippen LogP contribution in [0.25, 0.3) is 6.08 Å². The van der Waals surface area contributed by atoms with E-state index in [1.54, 1.807) is 35.2 Å². The van der Waals surface area contributed by atoms with E-state index >= 15 is 0 Å². The predicted octanol–water partition coefficient (Wildman–Crippen LogP) is 5.49. The van der Waals surface area contributed by atoms with Gasteiger partial charge in [0.2, 0.25) is 5.91 Å². The first kappa shape index (κ1) is 29.4. The van der Waals surface area contributed by atoms with Gasteiger partial charge in [-0.1, -0.05) is 42.5 Å². The Balaban J connectivity index is 1.26. The molecule has 1 fully saturated rings. The SMILES string of the molecule is CCOc1cc(/C=C2\SC(=O)N(CC(=O)N3CCc4ccccc4C3)C2=O)cc(Br)c1OCC(=O)Nc1ccccc1. The highest BCUT2D eigenvalue weighted by Crippen LogP contribution is 2.39. The minimum atomic E-state index is -0.525. The molecule has 0 saturated carbocycles. The number of para-hydroxylation sites is 1. The zero-order valence-corrected chi connectivity index (χ0v) is 25.2. The van der Waals surface area contributed by atoms with Crippen molar-refractivity contribution < 1.29 is 28.7 Å². The van der Waals surface area contributed by atoms with Crippen LogP contribution in [0.15, 0.2) is 76.1 Å². The van der Waals surface area contributed by atoms with Gasteiger partial charge >= 0.3 is 0 Å². The van der Waals surface area contributed by atoms with E-state index < -0.39 is 11.1 Å². The third-order valence-corrected chi connectivity index (χ3v) is 8.18. The van der Waals surface area contributed by atoms with E-state index in [4.69, 9.17) is 9.47 Å². The Kier molecular flexibility index (Phi) is 9.28. The average Bonchev–Trinajstić information content (AvgIpc) is 3.24. The lowest BCUT2D eigenvalue weighted by molar-refractivity contribution is -0.136. The maximum Gasteiger partial charge on any atom is 0.294 e. The first-order valence-electron chi connectivity index (χ1n) is 13.4. The van der Waals surface area contributed by atoms with E-state index in [9.17, 15) is 19.2 Å². The lowest BCUT2D eigenvalue weighted by Crippen LogP contribution is -2.44. The molecule has 42 heavy (non-hydrogen) atoms. The smallest absolute Gasteiger partial charge is 0.294 e. The third-order valence-electron chi connectivity index (χ3n) is 6.68. The molecule has 0 aromatic heterocycles. The molecule has 2 heterocycles. The molecule has 0 bridgehead atoms. The molecule has 3 aromatic rings. The maximum absolute atomic E-state index is 13.2. The fourth-order valence-corrected chi connectivity index (χ4v) is 6.07. The van der Waals surface area contributed by atoms with E-state index in [1.165, 1.54) is 5.56 Å². The Bertz CT molecular complexity index is 1560. The quantitative estimate of drug-likeness (QED) is 0.306. The minimum Gasteiger partial charge on any atom is -0.490 e. The second-order valence-electron chi connectivity index (χ2n) is 9.57. The van der Waals surface area contributed by atoms with Crippen molar-refractivity contribution in [1.82, 2.24) is 9.80 Å². The van der Waals surface area contributed by atoms with Crippen LogP contribution in [0, 0.1) is 0 Å². The number of imide groups is 1. The van der Waals surface area contributed by atoms with Crippen LogP contribution in [-0.4, -0.2) is 59.1 Å². The summed E-state index contributed by atoms with van der Waals surface area (Å²) in [6.07, 6.45) is 2.31. The first-order chi connectivity index (χ1) is 20.3. The number of nitrogens with zero attached hydrogens (tertiary/aromatic N) is 2. The second-order valence-corrected chi connectivity index (χ2v) is 11.4. The molecule has 0 aliphatic carbocycles. The van der Waals surface area contributed by atoms with Crippen molar-refractivity contribution in [2.45, 2.75) is 19.9 Å². The number of benzene rings is 3. The fraction of sp³-hybridized carbons (Fsp3) is 0.226. The zero-order chi connectivity index (χ0) is 29.6. The van der Waals surface area contributed by atoms with Gasteiger partial charge in [0.25, 0.3) is 17.1 Å². The van der Waals surface area contributed by atoms with E-state index in [2.05, 4.69) is 27.3 Å². The summed E-state index contributed by atoms with van der Waals surface area (Å²) in [7, 11) is 0. The molecule has 3 aromatic carbocycles. The van der Waals surface area contributed by atoms with Crippen LogP contribution in [0.5, 0.6) is 11.5 Å². The highest BCUT2D eigenvalue weighted by molar-refractivity contribution is 9.10. The van der Waals surface area contributed by atoms with Gasteiger partial charge in [-0.3, -0.25) is 24.1 Å². The summed E-state index contributed by atoms with van der Waals surface area (Å²) in [4.78, 5) is 54.2. The minimum absolute atomic E-state index is 0.196. The van der Waals surface area contributed by atoms with Crippen LogP contribution < -0.4 is 14.8 Å². The summed E-state index contributed by atoms with van der Waals surface area (Å²) in [6.45, 7) is 2.59. The molecule has 1 saturated heterocycles. The topological polar surface area (TPSA) is 105 Å². The number of thioether (sulfide) groups is 1. The van der Waals surface area contributed by atoms with Gasteiger partial charge in [0, 0.05) is 18.8 Å². The van der Waals surface area contributed by atoms with E-state index in [0.717, 1.165) is 28.6 Å². The number of anilines is 1. The summed E-state index contributed by atoms with van der Waals surface area (Å²) >= 11 is 4.26. The van der Waals surface area contributed by atoms with Gasteiger partial charge in [-0.15, -0.1) is 0 Å². The number of rotatable bonds is 9. The summed E-state index contributed by atoms with van der Waals surface area (Å²) in [6, 6.07) is 20.4. The summed E-state index contributed by atoms with van der Waals surface area (Å²) in [5.74, 6) is -0.434. The van der Waals surface area contributed by atoms with E-state index in [0.29, 0.717) is 46.9 Å². The van der Waals surface area contributed by atoms with Crippen LogP contribution in [0.3, 0.4) is 0 Å². The zero-order valence-electron chi connectivity index (χ0n) is 22.8. The summed E-state index contributed by atoms with van der Waals surface area (Å²) in [5, 5.41) is 2.27. The van der Waals surface area contributed by atoms with Crippen molar-refractivity contribution >= 4 is 62.4 Å². The van der Waals surface area contributed by atoms with E-state index in [-0.39, 0.29) is 29.9 Å². The highest BCUT2D eigenvalue weighted by Gasteiger charge is 2.37. The Morgan fingerprint density at radius 1 is 1.02 bits per heavy atom. The van der Waals surface area contributed by atoms with Crippen molar-refractivity contribution in [3.8, 4) is 11.5 Å². The van der Waals surface area contributed by atoms with Crippen molar-refractivity contribution in [2.75, 3.05) is 31.6 Å². The van der Waals surface area contributed by atoms with Crippen LogP contribution in [0.2, 0.25) is 0 Å². The number of fused-ring (bicyclic) bond motifs is 1. The van der Waals surface area contributed by atoms with Gasteiger partial charge < -0.3 is 19.7 Å². The van der Waals surface area contributed by atoms with Gasteiger partial charge in [-0.05, 0) is 88.1 Å². The number of amides is 4. The summed E-state index contributed by atoms with van der Waals surface area (Å²) < 4.78 is 12.0. The maximum atomic E-state index is 13.2. The Morgan fingerprint density at radius 2 is 1.76 bits per heavy atom. The first-order valence-corrected chi connectivity index (χ1v) is 15.0. The number of nitrogens with one attached hydrogen (secondary N) is 1. The Morgan fingerprint density at radius 3 is 2.52 bits per heavy atom. The molecule has 0 spiro atoms. The molecule has 0 radical (unpaired) electrons. The normalized spacial score (nSPS) is 15.5. The predicted molar refractivity (Wildman–Crippen MR) is 164 cm³/mol. The van der Waals surface area contributed by atoms with Gasteiger partial charge in [0.15, 0.2) is 18.1 Å². The van der Waals surface area contributed by atoms with Crippen LogP contribution in [-0.2, 0) is 27.3 Å². The van der Waals surface area contributed by atoms with Crippen molar-refractivity contribution in [1.29, 1.82) is 0 Å². The number of carbonyl (C=O) groups excluding carboxylic acids is 4. The number of halogens is 1. The van der Waals surface area contributed by atoms with Gasteiger partial charge in [0.1, 0.15) is 6.54 Å². The monoisotopic (exact) mass is 649 g/mol. The van der Waals surface area contributed by atoms with Crippen molar-refractivity contribution in [3.63, 3.8) is 0 Å². The number of hydrogen-bond acceptors (Lipinski definition) is 7. The Hall–Kier alpha value is -4.09. The highest BCUT2D eigenvalue weighted by atomic mass is 79.9. The van der Waals surface area contributed by atoms with Gasteiger partial charge in [-0.2, -0.15) is 0 Å². The molecular weight excluding hydrogens is 622 g/mol. The van der Waals surface area contributed by atoms with Crippen molar-refractivity contribution in [3.05, 3.63) is 92.8 Å². The van der Waals surface area contributed by atoms with Crippen molar-refractivity contribution in [2.24, 2.45) is 0 Å². The average molecular weight is 651 g/mol. The largest absolute Gasteiger partial charge is 0.490 e. The second kappa shape index (κ2) is 13.3. The molecule has 11 heteroatoms. The van der Waals surface area contributed by atoms with Crippen LogP contribution >= 0.6 is 27.7 Å². The molecule has 1 N–H and O–H groups in total. The van der Waals surface area contributed by atoms with Gasteiger partial charge in [0.05, 0.1) is 16.0 Å². The lowest BCUT2D eigenvalue weighted by atomic mass is 10.00. The number of ether oxygens (including phenoxy) is 2. The summed E-state index contributed by atoms with van der Waals surface area (Å²) in [5.41, 5.74) is 3.52. The molecule has 4 amide bonds. The third kappa shape index (κ3) is 6.85. The molecule has 2 aliphatic rings. The molecule has 5 rings (SSSR count). The van der Waals surface area contributed by atoms with E-state index in [1.807, 2.05) is 43.3 Å². The molecule has 9 nitrogen and oxygen atoms in total. The Labute approximate surface area is 256 Å². The fourth-order valence-electron chi connectivity index (χ4n) is 4.66. The molecule has 216 valence electrons. The number of hydrogen-bond donors (Lipinski definition) is 1. The number of carbonyl (C=O) groups is 4. The molecule has 2 aliphatic heterocycles.